The Hall–Kier alpha value is -0.0800. The molecule has 4 atom stereocenters. The van der Waals surface area contributed by atoms with Crippen LogP contribution in [0.3, 0.4) is 0 Å². The molecule has 0 aromatic heterocycles. The monoisotopic (exact) mass is 211 g/mol. The van der Waals surface area contributed by atoms with Gasteiger partial charge in [0, 0.05) is 12.6 Å². The van der Waals surface area contributed by atoms with Gasteiger partial charge in [0.1, 0.15) is 0 Å². The van der Waals surface area contributed by atoms with E-state index in [1.165, 1.54) is 38.5 Å². The second-order valence-corrected chi connectivity index (χ2v) is 5.42. The Labute approximate surface area is 93.8 Å². The fourth-order valence-corrected chi connectivity index (χ4v) is 2.94. The van der Waals surface area contributed by atoms with E-state index >= 15 is 0 Å². The highest BCUT2D eigenvalue weighted by molar-refractivity contribution is 4.81. The average molecular weight is 211 g/mol. The van der Waals surface area contributed by atoms with Crippen LogP contribution in [0.15, 0.2) is 0 Å². The van der Waals surface area contributed by atoms with Crippen molar-refractivity contribution >= 4 is 0 Å². The van der Waals surface area contributed by atoms with Gasteiger partial charge < -0.3 is 10.1 Å². The van der Waals surface area contributed by atoms with Crippen molar-refractivity contribution in [2.24, 2.45) is 5.92 Å². The first-order valence-electron chi connectivity index (χ1n) is 6.64. The van der Waals surface area contributed by atoms with Gasteiger partial charge in [-0.1, -0.05) is 19.8 Å². The molecule has 1 aliphatic carbocycles. The molecule has 2 nitrogen and oxygen atoms in total. The minimum atomic E-state index is 0.481. The zero-order chi connectivity index (χ0) is 10.7. The Balaban J connectivity index is 1.68. The van der Waals surface area contributed by atoms with E-state index < -0.39 is 0 Å². The molecule has 1 saturated heterocycles. The maximum absolute atomic E-state index is 5.83. The van der Waals surface area contributed by atoms with E-state index in [0.717, 1.165) is 18.5 Å². The van der Waals surface area contributed by atoms with Gasteiger partial charge in [-0.05, 0) is 38.5 Å². The molecule has 0 aromatic rings. The van der Waals surface area contributed by atoms with Gasteiger partial charge in [0.15, 0.2) is 0 Å². The van der Waals surface area contributed by atoms with Crippen molar-refractivity contribution in [3.63, 3.8) is 0 Å². The minimum Gasteiger partial charge on any atom is -0.374 e. The lowest BCUT2D eigenvalue weighted by Gasteiger charge is -2.30. The van der Waals surface area contributed by atoms with Crippen LogP contribution >= 0.6 is 0 Å². The maximum Gasteiger partial charge on any atom is 0.0704 e. The normalized spacial score (nSPS) is 42.0. The average Bonchev–Trinajstić information content (AvgIpc) is 2.63. The van der Waals surface area contributed by atoms with Gasteiger partial charge in [-0.2, -0.15) is 0 Å². The third-order valence-corrected chi connectivity index (χ3v) is 4.04. The van der Waals surface area contributed by atoms with E-state index in [-0.39, 0.29) is 0 Å². The van der Waals surface area contributed by atoms with Crippen LogP contribution in [-0.2, 0) is 4.74 Å². The predicted octanol–water partition coefficient (Wildman–Crippen LogP) is 2.72. The number of hydrogen-bond donors (Lipinski definition) is 1. The van der Waals surface area contributed by atoms with Gasteiger partial charge in [-0.3, -0.25) is 0 Å². The van der Waals surface area contributed by atoms with Crippen LogP contribution in [0.5, 0.6) is 0 Å². The molecule has 1 aliphatic heterocycles. The van der Waals surface area contributed by atoms with Crippen molar-refractivity contribution in [3.05, 3.63) is 0 Å². The predicted molar refractivity (Wildman–Crippen MR) is 63.0 cm³/mol. The summed E-state index contributed by atoms with van der Waals surface area (Å²) in [4.78, 5) is 0. The van der Waals surface area contributed by atoms with Crippen molar-refractivity contribution in [2.45, 2.75) is 70.6 Å². The molecule has 88 valence electrons. The number of nitrogens with one attached hydrogen (secondary N) is 1. The summed E-state index contributed by atoms with van der Waals surface area (Å²) < 4.78 is 5.83. The lowest BCUT2D eigenvalue weighted by atomic mass is 9.86. The lowest BCUT2D eigenvalue weighted by molar-refractivity contribution is 0.0519. The van der Waals surface area contributed by atoms with E-state index in [9.17, 15) is 0 Å². The van der Waals surface area contributed by atoms with Crippen LogP contribution in [-0.4, -0.2) is 24.8 Å². The van der Waals surface area contributed by atoms with Gasteiger partial charge in [-0.15, -0.1) is 0 Å². The van der Waals surface area contributed by atoms with Gasteiger partial charge in [0.05, 0.1) is 12.2 Å². The molecule has 15 heavy (non-hydrogen) atoms. The van der Waals surface area contributed by atoms with Gasteiger partial charge in [-0.25, -0.2) is 0 Å². The summed E-state index contributed by atoms with van der Waals surface area (Å²) in [5.41, 5.74) is 0. The third-order valence-electron chi connectivity index (χ3n) is 4.04. The summed E-state index contributed by atoms with van der Waals surface area (Å²) in [7, 11) is 0. The highest BCUT2D eigenvalue weighted by atomic mass is 16.5. The molecule has 1 heterocycles. The molecule has 1 saturated carbocycles. The van der Waals surface area contributed by atoms with Crippen molar-refractivity contribution < 1.29 is 4.74 Å². The van der Waals surface area contributed by atoms with E-state index in [4.69, 9.17) is 4.74 Å². The molecule has 2 rings (SSSR count). The second kappa shape index (κ2) is 5.31. The summed E-state index contributed by atoms with van der Waals surface area (Å²) in [6.45, 7) is 5.64. The van der Waals surface area contributed by atoms with Crippen molar-refractivity contribution in [1.82, 2.24) is 5.32 Å². The summed E-state index contributed by atoms with van der Waals surface area (Å²) in [6.07, 6.45) is 9.06. The topological polar surface area (TPSA) is 21.3 Å². The Kier molecular flexibility index (Phi) is 4.04. The first-order chi connectivity index (χ1) is 7.25. The highest BCUT2D eigenvalue weighted by Crippen LogP contribution is 2.24. The standard InChI is InChI=1S/C13H25NO/c1-10-5-3-4-6-13(10)14-9-12-8-7-11(2)15-12/h10-14H,3-9H2,1-2H3. The molecule has 0 bridgehead atoms. The van der Waals surface area contributed by atoms with Crippen LogP contribution < -0.4 is 5.32 Å². The van der Waals surface area contributed by atoms with E-state index in [1.54, 1.807) is 0 Å². The summed E-state index contributed by atoms with van der Waals surface area (Å²) in [5.74, 6) is 0.859. The Bertz CT molecular complexity index is 195. The first kappa shape index (κ1) is 11.4. The molecule has 2 aliphatic rings. The zero-order valence-electron chi connectivity index (χ0n) is 10.2. The Morgan fingerprint density at radius 2 is 1.87 bits per heavy atom. The quantitative estimate of drug-likeness (QED) is 0.775. The van der Waals surface area contributed by atoms with E-state index in [0.29, 0.717) is 12.2 Å². The summed E-state index contributed by atoms with van der Waals surface area (Å²) in [6, 6.07) is 0.748. The van der Waals surface area contributed by atoms with Gasteiger partial charge in [0.25, 0.3) is 0 Å². The van der Waals surface area contributed by atoms with Crippen molar-refractivity contribution in [2.75, 3.05) is 6.54 Å². The molecule has 2 fully saturated rings. The van der Waals surface area contributed by atoms with Crippen LogP contribution in [0.4, 0.5) is 0 Å². The molecular weight excluding hydrogens is 186 g/mol. The minimum absolute atomic E-state index is 0.481. The third kappa shape index (κ3) is 3.18. The Morgan fingerprint density at radius 3 is 2.53 bits per heavy atom. The van der Waals surface area contributed by atoms with Crippen LogP contribution in [0, 0.1) is 5.92 Å². The summed E-state index contributed by atoms with van der Waals surface area (Å²) >= 11 is 0. The number of ether oxygens (including phenoxy) is 1. The largest absolute Gasteiger partial charge is 0.374 e. The molecule has 0 spiro atoms. The maximum atomic E-state index is 5.83. The smallest absolute Gasteiger partial charge is 0.0704 e. The summed E-state index contributed by atoms with van der Waals surface area (Å²) in [5, 5.41) is 3.71. The van der Waals surface area contributed by atoms with Gasteiger partial charge in [0.2, 0.25) is 0 Å². The number of rotatable bonds is 3. The van der Waals surface area contributed by atoms with E-state index in [2.05, 4.69) is 19.2 Å². The molecular formula is C13H25NO. The molecule has 4 unspecified atom stereocenters. The fourth-order valence-electron chi connectivity index (χ4n) is 2.94. The van der Waals surface area contributed by atoms with Crippen LogP contribution in [0.1, 0.15) is 52.4 Å². The van der Waals surface area contributed by atoms with Gasteiger partial charge >= 0.3 is 0 Å². The fraction of sp³-hybridized carbons (Fsp3) is 1.00. The zero-order valence-corrected chi connectivity index (χ0v) is 10.2. The van der Waals surface area contributed by atoms with Crippen molar-refractivity contribution in [1.29, 1.82) is 0 Å². The number of hydrogen-bond acceptors (Lipinski definition) is 2. The molecule has 0 aromatic carbocycles. The highest BCUT2D eigenvalue weighted by Gasteiger charge is 2.25. The second-order valence-electron chi connectivity index (χ2n) is 5.42. The molecule has 2 heteroatoms. The van der Waals surface area contributed by atoms with Crippen LogP contribution in [0.2, 0.25) is 0 Å². The first-order valence-corrected chi connectivity index (χ1v) is 6.64. The molecule has 1 N–H and O–H groups in total. The van der Waals surface area contributed by atoms with Crippen molar-refractivity contribution in [3.8, 4) is 0 Å². The Morgan fingerprint density at radius 1 is 1.07 bits per heavy atom. The molecule has 0 radical (unpaired) electrons. The molecule has 0 amide bonds. The van der Waals surface area contributed by atoms with Crippen LogP contribution in [0.25, 0.3) is 0 Å². The lowest BCUT2D eigenvalue weighted by Crippen LogP contribution is -2.41. The van der Waals surface area contributed by atoms with E-state index in [1.807, 2.05) is 0 Å². The SMILES string of the molecule is CC1CCC(CNC2CCCCC2C)O1.